The van der Waals surface area contributed by atoms with E-state index in [1.165, 1.54) is 43.6 Å². The first kappa shape index (κ1) is 67.5. The Hall–Kier alpha value is -16.2. The van der Waals surface area contributed by atoms with E-state index in [0.29, 0.717) is 33.8 Å². The monoisotopic (exact) mass is 1510 g/mol. The second kappa shape index (κ2) is 27.3. The first-order valence-electron chi connectivity index (χ1n) is 39.6. The molecule has 24 aromatic rings. The lowest BCUT2D eigenvalue weighted by atomic mass is 10.0. The molecule has 0 saturated heterocycles. The minimum Gasteiger partial charge on any atom is -0.309 e. The van der Waals surface area contributed by atoms with Gasteiger partial charge >= 0.3 is 0 Å². The largest absolute Gasteiger partial charge is 0.309 e. The van der Waals surface area contributed by atoms with E-state index >= 15 is 0 Å². The normalized spacial score (nSPS) is 11.8. The highest BCUT2D eigenvalue weighted by Gasteiger charge is 2.24. The van der Waals surface area contributed by atoms with Crippen molar-refractivity contribution in [1.82, 2.24) is 47.3 Å². The number of fused-ring (bicyclic) bond motifs is 18. The van der Waals surface area contributed by atoms with Crippen LogP contribution in [0.1, 0.15) is 0 Å². The number of aromatic nitrogens is 10. The molecule has 0 unspecified atom stereocenters. The van der Waals surface area contributed by atoms with Gasteiger partial charge < -0.3 is 9.13 Å². The highest BCUT2D eigenvalue weighted by Crippen LogP contribution is 2.42. The maximum Gasteiger partial charge on any atom is 0.266 e. The third kappa shape index (κ3) is 10.8. The van der Waals surface area contributed by atoms with Crippen molar-refractivity contribution in [2.75, 3.05) is 0 Å². The molecule has 12 nitrogen and oxygen atoms in total. The van der Waals surface area contributed by atoms with Gasteiger partial charge in [0.15, 0.2) is 5.65 Å². The van der Waals surface area contributed by atoms with Crippen LogP contribution in [0.3, 0.4) is 0 Å². The fourth-order valence-corrected chi connectivity index (χ4v) is 18.0. The summed E-state index contributed by atoms with van der Waals surface area (Å²) in [6, 6.07) is 134. The van der Waals surface area contributed by atoms with Crippen LogP contribution in [0.5, 0.6) is 0 Å². The van der Waals surface area contributed by atoms with Crippen LogP contribution in [-0.4, -0.2) is 47.3 Å². The molecule has 8 aromatic heterocycles. The van der Waals surface area contributed by atoms with E-state index in [2.05, 4.69) is 285 Å². The lowest BCUT2D eigenvalue weighted by molar-refractivity contribution is 0.965. The number of nitrogens with zero attached hydrogens (tertiary/aromatic N) is 10. The van der Waals surface area contributed by atoms with E-state index in [1.54, 1.807) is 15.3 Å². The number of pyridine rings is 2. The predicted molar refractivity (Wildman–Crippen MR) is 484 cm³/mol. The average Bonchev–Trinajstić information content (AvgIpc) is 1.57. The standard InChI is InChI=1S/2C53H33N5O/c59-52-45-33-54-53(55-51(45)42-19-9-12-22-48(42)57(52)39-27-23-35(24-28-39)34-13-3-1-4-14-34)58-47-21-11-8-18-41(47)44-32-37(26-30-50(44)58)36-25-29-49-43(31-36)40-17-7-10-20-46(40)56(49)38-15-5-2-6-16-38;59-52-43-20-8-7-17-40(43)46-33-54-53(55-51(46)57(52)39-27-23-35(24-28-39)34-13-3-1-4-14-34)58-48-22-12-10-19-42(48)45-32-37(26-30-50(45)58)36-25-29-49-44(31-36)41-18-9-11-21-47(41)56(49)38-15-5-2-6-16-38/h2*1-33H. The summed E-state index contributed by atoms with van der Waals surface area (Å²) in [4.78, 5) is 49.2. The van der Waals surface area contributed by atoms with Crippen LogP contribution in [0.15, 0.2) is 410 Å². The molecule has 0 saturated carbocycles. The fourth-order valence-electron chi connectivity index (χ4n) is 18.0. The Balaban J connectivity index is 0.000000138. The van der Waals surface area contributed by atoms with Gasteiger partial charge in [-0.2, -0.15) is 4.98 Å². The van der Waals surface area contributed by atoms with Crippen LogP contribution < -0.4 is 11.1 Å². The lowest BCUT2D eigenvalue weighted by Crippen LogP contribution is -2.20. The quantitative estimate of drug-likeness (QED) is 0.126. The molecule has 16 aromatic carbocycles. The molecule has 0 spiro atoms. The van der Waals surface area contributed by atoms with Gasteiger partial charge in [-0.25, -0.2) is 15.0 Å². The molecule has 0 fully saturated rings. The average molecular weight is 1510 g/mol. The molecule has 0 aliphatic heterocycles. The summed E-state index contributed by atoms with van der Waals surface area (Å²) >= 11 is 0. The first-order chi connectivity index (χ1) is 58.4. The van der Waals surface area contributed by atoms with Crippen molar-refractivity contribution in [1.29, 1.82) is 0 Å². The number of para-hydroxylation sites is 7. The lowest BCUT2D eigenvalue weighted by Gasteiger charge is -2.14. The summed E-state index contributed by atoms with van der Waals surface area (Å²) in [6.45, 7) is 0. The van der Waals surface area contributed by atoms with Gasteiger partial charge in [-0.1, -0.05) is 255 Å². The molecule has 552 valence electrons. The van der Waals surface area contributed by atoms with Gasteiger partial charge in [-0.05, 0) is 183 Å². The zero-order chi connectivity index (χ0) is 78.1. The van der Waals surface area contributed by atoms with E-state index < -0.39 is 0 Å². The van der Waals surface area contributed by atoms with Gasteiger partial charge in [-0.15, -0.1) is 0 Å². The van der Waals surface area contributed by atoms with Crippen molar-refractivity contribution < 1.29 is 0 Å². The van der Waals surface area contributed by atoms with Crippen molar-refractivity contribution >= 4 is 131 Å². The number of benzene rings is 16. The first-order valence-corrected chi connectivity index (χ1v) is 39.6. The third-order valence-electron chi connectivity index (χ3n) is 23.5. The summed E-state index contributed by atoms with van der Waals surface area (Å²) in [5, 5.41) is 12.9. The molecule has 12 heteroatoms. The highest BCUT2D eigenvalue weighted by molar-refractivity contribution is 6.16. The fraction of sp³-hybridized carbons (Fsp3) is 0. The zero-order valence-electron chi connectivity index (χ0n) is 63.4. The van der Waals surface area contributed by atoms with Crippen molar-refractivity contribution in [2.45, 2.75) is 0 Å². The summed E-state index contributed by atoms with van der Waals surface area (Å²) < 4.78 is 12.4. The van der Waals surface area contributed by atoms with Crippen molar-refractivity contribution in [3.8, 4) is 79.2 Å². The molecule has 0 amide bonds. The summed E-state index contributed by atoms with van der Waals surface area (Å²) in [5.41, 5.74) is 23.1. The Bertz CT molecular complexity index is 8330. The SMILES string of the molecule is O=c1c2ccccc2c2cnc(-n3c4ccccc4c4cc(-c5ccc6c(c5)c5ccccc5n6-c5ccccc5)ccc43)nc2n1-c1ccc(-c2ccccc2)cc1.O=c1c2cnc(-n3c4ccccc4c4cc(-c5ccc6c(c5)c5ccccc5n6-c5ccccc5)ccc43)nc2c2ccccc2n1-c1ccc(-c2ccccc2)cc1. The van der Waals surface area contributed by atoms with Gasteiger partial charge in [0.25, 0.3) is 11.1 Å². The molecular formula is C106H66N10O2. The van der Waals surface area contributed by atoms with Crippen LogP contribution >= 0.6 is 0 Å². The van der Waals surface area contributed by atoms with Gasteiger partial charge in [0, 0.05) is 88.7 Å². The molecule has 0 radical (unpaired) electrons. The van der Waals surface area contributed by atoms with Crippen LogP contribution in [-0.2, 0) is 0 Å². The Morgan fingerprint density at radius 2 is 0.458 bits per heavy atom. The van der Waals surface area contributed by atoms with Gasteiger partial charge in [-0.3, -0.25) is 27.9 Å². The van der Waals surface area contributed by atoms with Gasteiger partial charge in [0.1, 0.15) is 0 Å². The molecule has 0 aliphatic carbocycles. The summed E-state index contributed by atoms with van der Waals surface area (Å²) in [6.07, 6.45) is 3.56. The second-order valence-corrected chi connectivity index (χ2v) is 30.0. The Kier molecular flexibility index (Phi) is 15.6. The molecule has 0 aliphatic rings. The van der Waals surface area contributed by atoms with Crippen LogP contribution in [0, 0.1) is 0 Å². The Morgan fingerprint density at radius 3 is 0.881 bits per heavy atom. The zero-order valence-corrected chi connectivity index (χ0v) is 63.4. The van der Waals surface area contributed by atoms with Gasteiger partial charge in [0.05, 0.1) is 66.2 Å². The molecular weight excluding hydrogens is 1450 g/mol. The summed E-state index contributed by atoms with van der Waals surface area (Å²) in [7, 11) is 0. The molecule has 0 N–H and O–H groups in total. The minimum atomic E-state index is -0.159. The van der Waals surface area contributed by atoms with Crippen molar-refractivity contribution in [3.63, 3.8) is 0 Å². The maximum atomic E-state index is 14.4. The third-order valence-corrected chi connectivity index (χ3v) is 23.5. The summed E-state index contributed by atoms with van der Waals surface area (Å²) in [5.74, 6) is 1.01. The molecule has 0 atom stereocenters. The second-order valence-electron chi connectivity index (χ2n) is 30.0. The molecule has 24 rings (SSSR count). The number of rotatable bonds is 10. The van der Waals surface area contributed by atoms with E-state index in [1.807, 2.05) is 128 Å². The number of hydrogen-bond acceptors (Lipinski definition) is 6. The smallest absolute Gasteiger partial charge is 0.266 e. The predicted octanol–water partition coefficient (Wildman–Crippen LogP) is 24.9. The van der Waals surface area contributed by atoms with Crippen LogP contribution in [0.2, 0.25) is 0 Å². The van der Waals surface area contributed by atoms with E-state index in [4.69, 9.17) is 19.9 Å². The van der Waals surface area contributed by atoms with E-state index in [0.717, 1.165) is 133 Å². The van der Waals surface area contributed by atoms with Gasteiger partial charge in [0.2, 0.25) is 11.9 Å². The topological polar surface area (TPSA) is 115 Å². The van der Waals surface area contributed by atoms with Crippen molar-refractivity contribution in [3.05, 3.63) is 421 Å². The van der Waals surface area contributed by atoms with Crippen LogP contribution in [0.25, 0.3) is 210 Å². The maximum absolute atomic E-state index is 14.4. The van der Waals surface area contributed by atoms with E-state index in [-0.39, 0.29) is 11.1 Å². The molecule has 0 bridgehead atoms. The Morgan fingerprint density at radius 1 is 0.178 bits per heavy atom. The molecule has 118 heavy (non-hydrogen) atoms. The highest BCUT2D eigenvalue weighted by atomic mass is 16.1. The Labute approximate surface area is 674 Å². The minimum absolute atomic E-state index is 0.124. The van der Waals surface area contributed by atoms with Crippen molar-refractivity contribution in [2.24, 2.45) is 0 Å². The van der Waals surface area contributed by atoms with E-state index in [9.17, 15) is 9.59 Å². The molecule has 8 heterocycles. The number of hydrogen-bond donors (Lipinski definition) is 0. The van der Waals surface area contributed by atoms with Crippen LogP contribution in [0.4, 0.5) is 0 Å².